The van der Waals surface area contributed by atoms with Gasteiger partial charge in [-0.1, -0.05) is 30.3 Å². The minimum Gasteiger partial charge on any atom is -0.489 e. The van der Waals surface area contributed by atoms with E-state index in [0.717, 1.165) is 10.1 Å². The third-order valence-corrected chi connectivity index (χ3v) is 3.45. The van der Waals surface area contributed by atoms with Gasteiger partial charge in [0.1, 0.15) is 12.4 Å². The Morgan fingerprint density at radius 3 is 2.50 bits per heavy atom. The summed E-state index contributed by atoms with van der Waals surface area (Å²) in [6, 6.07) is 12.5. The molecule has 0 bridgehead atoms. The molecule has 0 fully saturated rings. The molecule has 0 aliphatic rings. The smallest absolute Gasteiger partial charge is 0.271 e. The van der Waals surface area contributed by atoms with Crippen LogP contribution in [0.1, 0.15) is 12.5 Å². The fourth-order valence-corrected chi connectivity index (χ4v) is 1.96. The van der Waals surface area contributed by atoms with Gasteiger partial charge >= 0.3 is 0 Å². The lowest BCUT2D eigenvalue weighted by molar-refractivity contribution is -0.150. The number of hydrogen-bond acceptors (Lipinski definition) is 4. The summed E-state index contributed by atoms with van der Waals surface area (Å²) >= 11 is 0. The lowest BCUT2D eigenvalue weighted by Gasteiger charge is -2.26. The topological polar surface area (TPSA) is 83.6 Å². The lowest BCUT2D eigenvalue weighted by atomic mass is 10.2. The van der Waals surface area contributed by atoms with Gasteiger partial charge in [-0.2, -0.15) is 0 Å². The molecule has 0 saturated carbocycles. The predicted molar refractivity (Wildman–Crippen MR) is 81.3 cm³/mol. The molecule has 2 rings (SSSR count). The van der Waals surface area contributed by atoms with E-state index in [9.17, 15) is 9.59 Å². The molecule has 0 aliphatic heterocycles. The molecule has 1 heterocycles. The minimum absolute atomic E-state index is 0.349. The van der Waals surface area contributed by atoms with Crippen molar-refractivity contribution in [3.8, 4) is 5.75 Å². The number of ether oxygens (including phenoxy) is 2. The van der Waals surface area contributed by atoms with Crippen LogP contribution in [-0.2, 0) is 21.9 Å². The van der Waals surface area contributed by atoms with Crippen molar-refractivity contribution < 1.29 is 14.3 Å². The van der Waals surface area contributed by atoms with Crippen molar-refractivity contribution in [2.45, 2.75) is 19.3 Å². The number of aromatic nitrogens is 1. The Morgan fingerprint density at radius 1 is 1.27 bits per heavy atom. The summed E-state index contributed by atoms with van der Waals surface area (Å²) < 4.78 is 11.8. The van der Waals surface area contributed by atoms with E-state index in [4.69, 9.17) is 15.2 Å². The summed E-state index contributed by atoms with van der Waals surface area (Å²) in [6.45, 7) is 1.78. The van der Waals surface area contributed by atoms with E-state index < -0.39 is 17.2 Å². The van der Waals surface area contributed by atoms with Crippen LogP contribution >= 0.6 is 0 Å². The van der Waals surface area contributed by atoms with Crippen molar-refractivity contribution in [2.24, 2.45) is 5.73 Å². The first-order valence-electron chi connectivity index (χ1n) is 6.72. The van der Waals surface area contributed by atoms with Gasteiger partial charge < -0.3 is 15.2 Å². The largest absolute Gasteiger partial charge is 0.489 e. The van der Waals surface area contributed by atoms with E-state index in [-0.39, 0.29) is 0 Å². The molecule has 22 heavy (non-hydrogen) atoms. The van der Waals surface area contributed by atoms with Crippen LogP contribution in [0.2, 0.25) is 0 Å². The Hall–Kier alpha value is -2.60. The Labute approximate surface area is 128 Å². The molecule has 0 spiro atoms. The van der Waals surface area contributed by atoms with E-state index in [0.29, 0.717) is 12.4 Å². The van der Waals surface area contributed by atoms with E-state index in [2.05, 4.69) is 0 Å². The van der Waals surface area contributed by atoms with Gasteiger partial charge in [-0.05, 0) is 18.6 Å². The highest BCUT2D eigenvalue weighted by atomic mass is 16.5. The highest BCUT2D eigenvalue weighted by molar-refractivity contribution is 5.80. The third-order valence-electron chi connectivity index (χ3n) is 3.45. The maximum Gasteiger partial charge on any atom is 0.271 e. The average molecular weight is 302 g/mol. The molecule has 0 radical (unpaired) electrons. The SMILES string of the molecule is COC(C)(C(N)=O)n1ccc(OCc2ccccc2)cc1=O. The van der Waals surface area contributed by atoms with E-state index in [1.807, 2.05) is 30.3 Å². The Morgan fingerprint density at radius 2 is 1.95 bits per heavy atom. The highest BCUT2D eigenvalue weighted by Gasteiger charge is 2.33. The van der Waals surface area contributed by atoms with Gasteiger partial charge in [-0.25, -0.2) is 0 Å². The number of carbonyl (C=O) groups is 1. The molecular formula is C16H18N2O4. The van der Waals surface area contributed by atoms with Crippen molar-refractivity contribution in [3.05, 3.63) is 64.6 Å². The number of amides is 1. The van der Waals surface area contributed by atoms with E-state index in [1.165, 1.54) is 26.3 Å². The van der Waals surface area contributed by atoms with Crippen molar-refractivity contribution in [3.63, 3.8) is 0 Å². The van der Waals surface area contributed by atoms with E-state index >= 15 is 0 Å². The number of hydrogen-bond donors (Lipinski definition) is 1. The number of nitrogens with zero attached hydrogens (tertiary/aromatic N) is 1. The summed E-state index contributed by atoms with van der Waals surface area (Å²) in [5.41, 5.74) is 4.32. The fraction of sp³-hybridized carbons (Fsp3) is 0.250. The molecule has 6 heteroatoms. The third kappa shape index (κ3) is 3.17. The van der Waals surface area contributed by atoms with Crippen molar-refractivity contribution in [1.29, 1.82) is 0 Å². The highest BCUT2D eigenvalue weighted by Crippen LogP contribution is 2.16. The zero-order valence-electron chi connectivity index (χ0n) is 12.5. The first-order valence-corrected chi connectivity index (χ1v) is 6.72. The zero-order valence-corrected chi connectivity index (χ0v) is 12.5. The molecule has 1 aromatic carbocycles. The normalized spacial score (nSPS) is 13.4. The van der Waals surface area contributed by atoms with Crippen LogP contribution in [0, 0.1) is 0 Å². The molecule has 2 aromatic rings. The Bertz CT molecular complexity index is 712. The van der Waals surface area contributed by atoms with Crippen LogP contribution in [0.15, 0.2) is 53.5 Å². The first kappa shape index (κ1) is 15.8. The second kappa shape index (κ2) is 6.44. The van der Waals surface area contributed by atoms with Crippen molar-refractivity contribution in [1.82, 2.24) is 4.57 Å². The zero-order chi connectivity index (χ0) is 16.2. The van der Waals surface area contributed by atoms with Gasteiger partial charge in [-0.3, -0.25) is 14.2 Å². The van der Waals surface area contributed by atoms with Crippen LogP contribution in [-0.4, -0.2) is 17.6 Å². The number of nitrogens with two attached hydrogens (primary N) is 1. The van der Waals surface area contributed by atoms with Gasteiger partial charge in [-0.15, -0.1) is 0 Å². The van der Waals surface area contributed by atoms with Crippen molar-refractivity contribution >= 4 is 5.91 Å². The standard InChI is InChI=1S/C16H18N2O4/c1-16(21-2,15(17)20)18-9-8-13(10-14(18)19)22-11-12-6-4-3-5-7-12/h3-10H,11H2,1-2H3,(H2,17,20). The minimum atomic E-state index is -1.53. The van der Waals surface area contributed by atoms with Crippen LogP contribution in [0.3, 0.4) is 0 Å². The molecule has 1 amide bonds. The molecular weight excluding hydrogens is 284 g/mol. The molecule has 116 valence electrons. The Balaban J connectivity index is 2.20. The summed E-state index contributed by atoms with van der Waals surface area (Å²) in [7, 11) is 1.32. The second-order valence-electron chi connectivity index (χ2n) is 4.90. The number of primary amides is 1. The maximum atomic E-state index is 12.2. The summed E-state index contributed by atoms with van der Waals surface area (Å²) in [5.74, 6) is -0.344. The molecule has 1 aromatic heterocycles. The van der Waals surface area contributed by atoms with Crippen LogP contribution in [0.4, 0.5) is 0 Å². The lowest BCUT2D eigenvalue weighted by Crippen LogP contribution is -2.49. The number of rotatable bonds is 6. The van der Waals surface area contributed by atoms with Crippen LogP contribution in [0.5, 0.6) is 5.75 Å². The molecule has 1 atom stereocenters. The van der Waals surface area contributed by atoms with Gasteiger partial charge in [0, 0.05) is 19.4 Å². The molecule has 0 saturated heterocycles. The number of benzene rings is 1. The van der Waals surface area contributed by atoms with Gasteiger partial charge in [0.05, 0.1) is 0 Å². The fourth-order valence-electron chi connectivity index (χ4n) is 1.96. The van der Waals surface area contributed by atoms with Gasteiger partial charge in [0.25, 0.3) is 11.5 Å². The summed E-state index contributed by atoms with van der Waals surface area (Å²) in [5, 5.41) is 0. The first-order chi connectivity index (χ1) is 10.5. The predicted octanol–water partition coefficient (Wildman–Crippen LogP) is 1.23. The molecule has 2 N–H and O–H groups in total. The molecule has 1 unspecified atom stereocenters. The summed E-state index contributed by atoms with van der Waals surface area (Å²) in [4.78, 5) is 23.7. The molecule has 6 nitrogen and oxygen atoms in total. The maximum absolute atomic E-state index is 12.2. The van der Waals surface area contributed by atoms with Crippen LogP contribution in [0.25, 0.3) is 0 Å². The van der Waals surface area contributed by atoms with Crippen LogP contribution < -0.4 is 16.0 Å². The van der Waals surface area contributed by atoms with Gasteiger partial charge in [0.15, 0.2) is 0 Å². The number of methoxy groups -OCH3 is 1. The number of pyridine rings is 1. The quantitative estimate of drug-likeness (QED) is 0.870. The monoisotopic (exact) mass is 302 g/mol. The summed E-state index contributed by atoms with van der Waals surface area (Å²) in [6.07, 6.45) is 1.43. The number of carbonyl (C=O) groups excluding carboxylic acids is 1. The average Bonchev–Trinajstić information content (AvgIpc) is 2.53. The van der Waals surface area contributed by atoms with Gasteiger partial charge in [0.2, 0.25) is 5.72 Å². The van der Waals surface area contributed by atoms with Crippen molar-refractivity contribution in [2.75, 3.05) is 7.11 Å². The molecule has 0 aliphatic carbocycles. The second-order valence-corrected chi connectivity index (χ2v) is 4.90. The van der Waals surface area contributed by atoms with E-state index in [1.54, 1.807) is 6.07 Å². The Kier molecular flexibility index (Phi) is 4.62.